The van der Waals surface area contributed by atoms with Gasteiger partial charge in [0.2, 0.25) is 11.9 Å². The molecule has 0 saturated carbocycles. The summed E-state index contributed by atoms with van der Waals surface area (Å²) in [6.45, 7) is 7.52. The molecule has 0 bridgehead atoms. The Morgan fingerprint density at radius 2 is 2.15 bits per heavy atom. The van der Waals surface area contributed by atoms with Gasteiger partial charge >= 0.3 is 0 Å². The molecule has 1 amide bonds. The van der Waals surface area contributed by atoms with Crippen molar-refractivity contribution in [1.29, 1.82) is 0 Å². The Hall–Kier alpha value is -3.72. The van der Waals surface area contributed by atoms with E-state index in [0.29, 0.717) is 24.4 Å². The Kier molecular flexibility index (Phi) is 5.33. The molecule has 33 heavy (non-hydrogen) atoms. The minimum atomic E-state index is 0.000516. The molecular formula is C24H28N8O. The SMILES string of the molecule is Cc1cnc(Nc2cc(C)n(C)n2)nc1-c1c[nH]c2c(NC(=O)CN3CCC3C)cccc12. The largest absolute Gasteiger partial charge is 0.359 e. The molecule has 4 aromatic rings. The monoisotopic (exact) mass is 444 g/mol. The number of anilines is 3. The minimum Gasteiger partial charge on any atom is -0.359 e. The van der Waals surface area contributed by atoms with Crippen molar-refractivity contribution in [3.05, 3.63) is 47.9 Å². The van der Waals surface area contributed by atoms with Crippen molar-refractivity contribution in [1.82, 2.24) is 29.6 Å². The number of aromatic nitrogens is 5. The van der Waals surface area contributed by atoms with Crippen LogP contribution in [0.15, 0.2) is 36.7 Å². The van der Waals surface area contributed by atoms with Gasteiger partial charge < -0.3 is 15.6 Å². The first-order chi connectivity index (χ1) is 15.9. The van der Waals surface area contributed by atoms with Gasteiger partial charge in [-0.25, -0.2) is 9.97 Å². The van der Waals surface area contributed by atoms with Gasteiger partial charge in [-0.1, -0.05) is 12.1 Å². The molecule has 170 valence electrons. The van der Waals surface area contributed by atoms with Crippen LogP contribution in [-0.4, -0.2) is 54.7 Å². The molecule has 3 aromatic heterocycles. The highest BCUT2D eigenvalue weighted by Crippen LogP contribution is 2.33. The first kappa shape index (κ1) is 21.1. The third kappa shape index (κ3) is 4.07. The van der Waals surface area contributed by atoms with E-state index in [1.807, 2.05) is 51.4 Å². The highest BCUT2D eigenvalue weighted by atomic mass is 16.2. The maximum absolute atomic E-state index is 12.6. The molecule has 1 saturated heterocycles. The molecule has 0 spiro atoms. The zero-order valence-electron chi connectivity index (χ0n) is 19.3. The number of nitrogens with one attached hydrogen (secondary N) is 3. The fourth-order valence-corrected chi connectivity index (χ4v) is 4.14. The average Bonchev–Trinajstić information content (AvgIpc) is 3.35. The van der Waals surface area contributed by atoms with Crippen LogP contribution in [0.5, 0.6) is 0 Å². The van der Waals surface area contributed by atoms with Crippen LogP contribution in [0.1, 0.15) is 24.6 Å². The summed E-state index contributed by atoms with van der Waals surface area (Å²) in [6, 6.07) is 8.33. The number of hydrogen-bond acceptors (Lipinski definition) is 6. The summed E-state index contributed by atoms with van der Waals surface area (Å²) in [6.07, 6.45) is 4.89. The Morgan fingerprint density at radius 1 is 1.30 bits per heavy atom. The quantitative estimate of drug-likeness (QED) is 0.418. The molecule has 4 heterocycles. The number of para-hydroxylation sites is 1. The molecule has 5 rings (SSSR count). The van der Waals surface area contributed by atoms with Crippen LogP contribution in [0.3, 0.4) is 0 Å². The molecule has 1 aliphatic heterocycles. The minimum absolute atomic E-state index is 0.000516. The fourth-order valence-electron chi connectivity index (χ4n) is 4.14. The lowest BCUT2D eigenvalue weighted by Crippen LogP contribution is -2.49. The van der Waals surface area contributed by atoms with Crippen LogP contribution >= 0.6 is 0 Å². The third-order valence-electron chi connectivity index (χ3n) is 6.37. The molecule has 1 aromatic carbocycles. The van der Waals surface area contributed by atoms with E-state index in [1.54, 1.807) is 10.9 Å². The van der Waals surface area contributed by atoms with Crippen LogP contribution in [0, 0.1) is 13.8 Å². The second-order valence-electron chi connectivity index (χ2n) is 8.73. The van der Waals surface area contributed by atoms with Gasteiger partial charge in [0.1, 0.15) is 0 Å². The highest BCUT2D eigenvalue weighted by Gasteiger charge is 2.25. The number of hydrogen-bond donors (Lipinski definition) is 3. The average molecular weight is 445 g/mol. The number of fused-ring (bicyclic) bond motifs is 1. The van der Waals surface area contributed by atoms with Crippen molar-refractivity contribution in [2.45, 2.75) is 33.2 Å². The van der Waals surface area contributed by atoms with E-state index >= 15 is 0 Å². The first-order valence-electron chi connectivity index (χ1n) is 11.1. The Balaban J connectivity index is 1.43. The zero-order chi connectivity index (χ0) is 23.1. The van der Waals surface area contributed by atoms with E-state index in [2.05, 4.69) is 37.5 Å². The van der Waals surface area contributed by atoms with E-state index in [0.717, 1.165) is 52.1 Å². The van der Waals surface area contributed by atoms with Crippen molar-refractivity contribution in [2.24, 2.45) is 7.05 Å². The van der Waals surface area contributed by atoms with Crippen LogP contribution in [0.2, 0.25) is 0 Å². The number of benzene rings is 1. The van der Waals surface area contributed by atoms with Crippen LogP contribution < -0.4 is 10.6 Å². The van der Waals surface area contributed by atoms with E-state index in [-0.39, 0.29) is 5.91 Å². The number of aryl methyl sites for hydroxylation is 3. The van der Waals surface area contributed by atoms with Gasteiger partial charge in [0.15, 0.2) is 5.82 Å². The summed E-state index contributed by atoms with van der Waals surface area (Å²) < 4.78 is 1.80. The molecule has 3 N–H and O–H groups in total. The van der Waals surface area contributed by atoms with Gasteiger partial charge in [0, 0.05) is 54.7 Å². The molecule has 1 aliphatic rings. The van der Waals surface area contributed by atoms with Crippen molar-refractivity contribution < 1.29 is 4.79 Å². The van der Waals surface area contributed by atoms with Crippen molar-refractivity contribution >= 4 is 34.3 Å². The predicted molar refractivity (Wildman–Crippen MR) is 130 cm³/mol. The smallest absolute Gasteiger partial charge is 0.238 e. The fraction of sp³-hybridized carbons (Fsp3) is 0.333. The van der Waals surface area contributed by atoms with Gasteiger partial charge in [-0.2, -0.15) is 5.10 Å². The lowest BCUT2D eigenvalue weighted by Gasteiger charge is -2.37. The number of nitrogens with zero attached hydrogens (tertiary/aromatic N) is 5. The topological polar surface area (TPSA) is 104 Å². The van der Waals surface area contributed by atoms with Gasteiger partial charge in [-0.05, 0) is 38.8 Å². The standard InChI is InChI=1S/C24H28N8O/c1-14-11-26-24(28-20-10-16(3)31(4)30-20)29-22(14)18-12-25-23-17(18)6-5-7-19(23)27-21(33)13-32-9-8-15(32)2/h5-7,10-12,15,25H,8-9,13H2,1-4H3,(H,27,33)(H,26,28,29,30). The highest BCUT2D eigenvalue weighted by molar-refractivity contribution is 6.06. The number of carbonyl (C=O) groups excluding carboxylic acids is 1. The molecule has 1 atom stereocenters. The molecule has 1 fully saturated rings. The summed E-state index contributed by atoms with van der Waals surface area (Å²) in [4.78, 5) is 27.3. The van der Waals surface area contributed by atoms with Gasteiger partial charge in [0.25, 0.3) is 0 Å². The first-order valence-corrected chi connectivity index (χ1v) is 11.1. The van der Waals surface area contributed by atoms with Gasteiger partial charge in [0.05, 0.1) is 23.4 Å². The van der Waals surface area contributed by atoms with Crippen LogP contribution in [0.4, 0.5) is 17.5 Å². The van der Waals surface area contributed by atoms with Crippen molar-refractivity contribution in [3.63, 3.8) is 0 Å². The lowest BCUT2D eigenvalue weighted by molar-refractivity contribution is -0.119. The Bertz CT molecular complexity index is 1320. The van der Waals surface area contributed by atoms with E-state index in [1.165, 1.54) is 0 Å². The number of rotatable bonds is 6. The summed E-state index contributed by atoms with van der Waals surface area (Å²) in [7, 11) is 1.90. The second kappa shape index (κ2) is 8.32. The second-order valence-corrected chi connectivity index (χ2v) is 8.73. The number of carbonyl (C=O) groups is 1. The number of aromatic amines is 1. The zero-order valence-corrected chi connectivity index (χ0v) is 19.3. The molecular weight excluding hydrogens is 416 g/mol. The Labute approximate surface area is 192 Å². The molecule has 1 unspecified atom stereocenters. The van der Waals surface area contributed by atoms with E-state index in [9.17, 15) is 4.79 Å². The van der Waals surface area contributed by atoms with Crippen molar-refractivity contribution in [3.8, 4) is 11.3 Å². The molecule has 9 nitrogen and oxygen atoms in total. The molecule has 0 radical (unpaired) electrons. The van der Waals surface area contributed by atoms with Crippen LogP contribution in [0.25, 0.3) is 22.2 Å². The summed E-state index contributed by atoms with van der Waals surface area (Å²) >= 11 is 0. The van der Waals surface area contributed by atoms with E-state index in [4.69, 9.17) is 4.98 Å². The normalized spacial score (nSPS) is 16.1. The van der Waals surface area contributed by atoms with Gasteiger partial charge in [-0.15, -0.1) is 0 Å². The van der Waals surface area contributed by atoms with Gasteiger partial charge in [-0.3, -0.25) is 14.4 Å². The maximum Gasteiger partial charge on any atom is 0.238 e. The predicted octanol–water partition coefficient (Wildman–Crippen LogP) is 3.75. The van der Waals surface area contributed by atoms with Crippen LogP contribution in [-0.2, 0) is 11.8 Å². The number of H-pyrrole nitrogens is 1. The third-order valence-corrected chi connectivity index (χ3v) is 6.37. The molecule has 9 heteroatoms. The number of likely N-dealkylation sites (tertiary alicyclic amines) is 1. The molecule has 0 aliphatic carbocycles. The Morgan fingerprint density at radius 3 is 2.85 bits per heavy atom. The summed E-state index contributed by atoms with van der Waals surface area (Å²) in [5.74, 6) is 1.18. The maximum atomic E-state index is 12.6. The number of amides is 1. The lowest BCUT2D eigenvalue weighted by atomic mass is 10.1. The van der Waals surface area contributed by atoms with Crippen molar-refractivity contribution in [2.75, 3.05) is 23.7 Å². The van der Waals surface area contributed by atoms with E-state index < -0.39 is 0 Å². The summed E-state index contributed by atoms with van der Waals surface area (Å²) in [5, 5.41) is 11.7. The summed E-state index contributed by atoms with van der Waals surface area (Å²) in [5.41, 5.74) is 5.43.